The number of benzene rings is 1. The predicted molar refractivity (Wildman–Crippen MR) is 60.1 cm³/mol. The summed E-state index contributed by atoms with van der Waals surface area (Å²) in [5, 5.41) is 8.75. The zero-order valence-electron chi connectivity index (χ0n) is 8.36. The van der Waals surface area contributed by atoms with Gasteiger partial charge in [0.25, 0.3) is 0 Å². The summed E-state index contributed by atoms with van der Waals surface area (Å²) in [5.74, 6) is 0. The Hall–Kier alpha value is -1.31. The van der Waals surface area contributed by atoms with Crippen LogP contribution in [0, 0.1) is 11.3 Å². The number of hydrogen-bond donors (Lipinski definition) is 0. The van der Waals surface area contributed by atoms with Crippen LogP contribution >= 0.6 is 0 Å². The van der Waals surface area contributed by atoms with E-state index >= 15 is 0 Å². The maximum absolute atomic E-state index is 11.0. The lowest BCUT2D eigenvalue weighted by Gasteiger charge is -2.00. The van der Waals surface area contributed by atoms with Crippen LogP contribution in [0.1, 0.15) is 23.1 Å². The number of nitrogens with zero attached hydrogens (tertiary/aromatic N) is 2. The molecule has 76 valence electrons. The fraction of sp³-hybridized carbons (Fsp3) is 0.273. The van der Waals surface area contributed by atoms with Crippen LogP contribution in [0.4, 0.5) is 0 Å². The Kier molecular flexibility index (Phi) is 2.76. The maximum atomic E-state index is 11.0. The summed E-state index contributed by atoms with van der Waals surface area (Å²) in [6, 6.07) is 7.67. The standard InChI is InChI=1S/C11H10N2OS/c1-15(14)13-11-5-3-9-6-8(7-12)2-4-10(9)11/h2,4,6H,3,5H2,1H3. The Morgan fingerprint density at radius 2 is 2.27 bits per heavy atom. The fourth-order valence-electron chi connectivity index (χ4n) is 1.79. The molecule has 3 nitrogen and oxygen atoms in total. The van der Waals surface area contributed by atoms with Crippen molar-refractivity contribution in [3.05, 3.63) is 34.9 Å². The number of fused-ring (bicyclic) bond motifs is 1. The topological polar surface area (TPSA) is 59.2 Å². The number of aryl methyl sites for hydroxylation is 1. The first-order valence-electron chi connectivity index (χ1n) is 4.65. The third kappa shape index (κ3) is 2.04. The van der Waals surface area contributed by atoms with Gasteiger partial charge >= 0.3 is 0 Å². The molecule has 0 bridgehead atoms. The number of nitriles is 1. The summed E-state index contributed by atoms with van der Waals surface area (Å²) in [7, 11) is 0. The van der Waals surface area contributed by atoms with Gasteiger partial charge in [-0.3, -0.25) is 0 Å². The quantitative estimate of drug-likeness (QED) is 0.672. The lowest BCUT2D eigenvalue weighted by molar-refractivity contribution is 0.602. The first-order valence-corrected chi connectivity index (χ1v) is 6.16. The van der Waals surface area contributed by atoms with Gasteiger partial charge in [0.05, 0.1) is 28.7 Å². The minimum absolute atomic E-state index is 0.674. The zero-order valence-corrected chi connectivity index (χ0v) is 9.17. The molecule has 0 saturated carbocycles. The Labute approximate surface area is 91.8 Å². The zero-order chi connectivity index (χ0) is 10.8. The first-order chi connectivity index (χ1) is 7.20. The maximum Gasteiger partial charge on any atom is 0.123 e. The fourth-order valence-corrected chi connectivity index (χ4v) is 2.29. The molecule has 0 aliphatic heterocycles. The first kappa shape index (κ1) is 10.2. The van der Waals surface area contributed by atoms with Gasteiger partial charge in [0.1, 0.15) is 6.26 Å². The minimum atomic E-state index is -1.15. The molecule has 1 aliphatic rings. The van der Waals surface area contributed by atoms with Crippen molar-refractivity contribution in [1.29, 1.82) is 5.26 Å². The highest BCUT2D eigenvalue weighted by molar-refractivity contribution is 7.89. The van der Waals surface area contributed by atoms with Crippen LogP contribution in [0.2, 0.25) is 0 Å². The van der Waals surface area contributed by atoms with Gasteiger partial charge in [-0.2, -0.15) is 5.26 Å². The van der Waals surface area contributed by atoms with E-state index in [1.807, 2.05) is 12.1 Å². The van der Waals surface area contributed by atoms with Gasteiger partial charge in [0, 0.05) is 5.56 Å². The van der Waals surface area contributed by atoms with Gasteiger partial charge in [0.15, 0.2) is 0 Å². The van der Waals surface area contributed by atoms with Crippen molar-refractivity contribution in [3.63, 3.8) is 0 Å². The van der Waals surface area contributed by atoms with Gasteiger partial charge in [-0.05, 0) is 30.5 Å². The third-order valence-corrected chi connectivity index (χ3v) is 2.89. The molecule has 0 saturated heterocycles. The molecule has 0 spiro atoms. The highest BCUT2D eigenvalue weighted by Gasteiger charge is 2.19. The van der Waals surface area contributed by atoms with E-state index in [4.69, 9.17) is 5.26 Å². The summed E-state index contributed by atoms with van der Waals surface area (Å²) >= 11 is -1.15. The summed E-state index contributed by atoms with van der Waals surface area (Å²) in [6.07, 6.45) is 3.28. The van der Waals surface area contributed by atoms with Crippen molar-refractivity contribution < 1.29 is 4.55 Å². The highest BCUT2D eigenvalue weighted by atomic mass is 32.2. The SMILES string of the molecule is C[S+]([O-])N=C1CCc2cc(C#N)ccc21. The second-order valence-corrected chi connectivity index (χ2v) is 4.48. The molecule has 0 radical (unpaired) electrons. The van der Waals surface area contributed by atoms with Crippen LogP contribution in [0.25, 0.3) is 0 Å². The van der Waals surface area contributed by atoms with Crippen LogP contribution in [0.5, 0.6) is 0 Å². The van der Waals surface area contributed by atoms with Crippen molar-refractivity contribution in [1.82, 2.24) is 0 Å². The van der Waals surface area contributed by atoms with Crippen LogP contribution in [0.3, 0.4) is 0 Å². The normalized spacial score (nSPS) is 18.6. The van der Waals surface area contributed by atoms with Crippen molar-refractivity contribution in [3.8, 4) is 6.07 Å². The average Bonchev–Trinajstić information content (AvgIpc) is 2.60. The molecule has 0 amide bonds. The average molecular weight is 218 g/mol. The molecule has 0 aromatic heterocycles. The van der Waals surface area contributed by atoms with Gasteiger partial charge in [-0.1, -0.05) is 10.5 Å². The van der Waals surface area contributed by atoms with Crippen molar-refractivity contribution >= 4 is 17.1 Å². The van der Waals surface area contributed by atoms with Gasteiger partial charge in [-0.25, -0.2) is 0 Å². The van der Waals surface area contributed by atoms with Gasteiger partial charge in [0.2, 0.25) is 0 Å². The molecule has 1 aliphatic carbocycles. The van der Waals surface area contributed by atoms with Crippen molar-refractivity contribution in [2.24, 2.45) is 4.40 Å². The van der Waals surface area contributed by atoms with Gasteiger partial charge in [-0.15, -0.1) is 0 Å². The van der Waals surface area contributed by atoms with E-state index in [-0.39, 0.29) is 0 Å². The van der Waals surface area contributed by atoms with E-state index < -0.39 is 11.4 Å². The summed E-state index contributed by atoms with van der Waals surface area (Å²) < 4.78 is 15.1. The van der Waals surface area contributed by atoms with E-state index in [2.05, 4.69) is 10.5 Å². The predicted octanol–water partition coefficient (Wildman–Crippen LogP) is 1.59. The van der Waals surface area contributed by atoms with E-state index in [0.717, 1.165) is 29.7 Å². The van der Waals surface area contributed by atoms with Crippen LogP contribution in [-0.4, -0.2) is 16.5 Å². The molecule has 0 fully saturated rings. The molecule has 2 rings (SSSR count). The molecular formula is C11H10N2OS. The van der Waals surface area contributed by atoms with E-state index in [1.54, 1.807) is 12.3 Å². The van der Waals surface area contributed by atoms with Crippen LogP contribution in [-0.2, 0) is 17.8 Å². The Balaban J connectivity index is 2.41. The molecule has 15 heavy (non-hydrogen) atoms. The molecular weight excluding hydrogens is 208 g/mol. The number of hydrogen-bond acceptors (Lipinski definition) is 3. The summed E-state index contributed by atoms with van der Waals surface area (Å²) in [4.78, 5) is 0. The van der Waals surface area contributed by atoms with Crippen molar-refractivity contribution in [2.75, 3.05) is 6.26 Å². The molecule has 0 N–H and O–H groups in total. The highest BCUT2D eigenvalue weighted by Crippen LogP contribution is 2.24. The molecule has 4 heteroatoms. The summed E-state index contributed by atoms with van der Waals surface area (Å²) in [5.41, 5.74) is 3.75. The lowest BCUT2D eigenvalue weighted by Crippen LogP contribution is -2.00. The largest absolute Gasteiger partial charge is 0.591 e. The monoisotopic (exact) mass is 218 g/mol. The number of rotatable bonds is 1. The second kappa shape index (κ2) is 4.05. The van der Waals surface area contributed by atoms with Crippen molar-refractivity contribution in [2.45, 2.75) is 12.8 Å². The molecule has 1 atom stereocenters. The molecule has 0 heterocycles. The van der Waals surface area contributed by atoms with E-state index in [0.29, 0.717) is 5.56 Å². The van der Waals surface area contributed by atoms with Gasteiger partial charge < -0.3 is 4.55 Å². The third-order valence-electron chi connectivity index (χ3n) is 2.42. The Morgan fingerprint density at radius 1 is 1.47 bits per heavy atom. The molecule has 1 aromatic rings. The minimum Gasteiger partial charge on any atom is -0.591 e. The second-order valence-electron chi connectivity index (χ2n) is 3.45. The van der Waals surface area contributed by atoms with Crippen LogP contribution in [0.15, 0.2) is 22.6 Å². The Bertz CT molecular complexity index is 460. The lowest BCUT2D eigenvalue weighted by atomic mass is 10.1. The smallest absolute Gasteiger partial charge is 0.123 e. The Morgan fingerprint density at radius 3 is 2.93 bits per heavy atom. The molecule has 1 aromatic carbocycles. The summed E-state index contributed by atoms with van der Waals surface area (Å²) in [6.45, 7) is 0. The van der Waals surface area contributed by atoms with E-state index in [1.165, 1.54) is 0 Å². The molecule has 1 unspecified atom stereocenters. The van der Waals surface area contributed by atoms with Crippen LogP contribution < -0.4 is 0 Å². The van der Waals surface area contributed by atoms with E-state index in [9.17, 15) is 4.55 Å².